The van der Waals surface area contributed by atoms with Crippen molar-refractivity contribution in [2.45, 2.75) is 72.4 Å². The highest BCUT2D eigenvalue weighted by Gasteiger charge is 2.41. The number of rotatable bonds is 1. The first kappa shape index (κ1) is 17.9. The van der Waals surface area contributed by atoms with Gasteiger partial charge in [0.1, 0.15) is 17.1 Å². The van der Waals surface area contributed by atoms with E-state index in [1.54, 1.807) is 0 Å². The molecule has 0 radical (unpaired) electrons. The first-order chi connectivity index (χ1) is 11.4. The van der Waals surface area contributed by atoms with Crippen LogP contribution in [0.5, 0.6) is 0 Å². The molecule has 1 aliphatic carbocycles. The van der Waals surface area contributed by atoms with Gasteiger partial charge in [-0.3, -0.25) is 9.79 Å². The molecule has 0 aromatic heterocycles. The molecule has 0 amide bonds. The van der Waals surface area contributed by atoms with Crippen LogP contribution in [0, 0.1) is 5.41 Å². The van der Waals surface area contributed by atoms with Crippen LogP contribution in [0.15, 0.2) is 34.8 Å². The van der Waals surface area contributed by atoms with Crippen molar-refractivity contribution in [3.05, 3.63) is 41.0 Å². The zero-order chi connectivity index (χ0) is 18.6. The maximum atomic E-state index is 13.3. The van der Waals surface area contributed by atoms with Crippen molar-refractivity contribution in [2.75, 3.05) is 0 Å². The van der Waals surface area contributed by atoms with Crippen LogP contribution in [0.3, 0.4) is 0 Å². The van der Waals surface area contributed by atoms with E-state index in [1.165, 1.54) is 0 Å². The van der Waals surface area contributed by atoms with Crippen molar-refractivity contribution in [3.8, 4) is 0 Å². The number of carbonyl (C=O) groups excluding carboxylic acids is 1. The highest BCUT2D eigenvalue weighted by Crippen LogP contribution is 2.42. The molecule has 0 bridgehead atoms. The second-order valence-corrected chi connectivity index (χ2v) is 9.31. The maximum absolute atomic E-state index is 13.3. The van der Waals surface area contributed by atoms with Crippen LogP contribution in [0.2, 0.25) is 0 Å². The SMILES string of the molecule is CC1(C)CCC2=C(O1)c1ccccc1/C(=N/C(C)(C)C(C)(C)C)C2=O. The van der Waals surface area contributed by atoms with Crippen LogP contribution in [-0.4, -0.2) is 22.6 Å². The summed E-state index contributed by atoms with van der Waals surface area (Å²) in [5, 5.41) is 0. The number of aliphatic imine (C=N–C) groups is 1. The van der Waals surface area contributed by atoms with E-state index in [0.717, 1.165) is 35.3 Å². The molecule has 3 nitrogen and oxygen atoms in total. The van der Waals surface area contributed by atoms with E-state index in [0.29, 0.717) is 5.71 Å². The Morgan fingerprint density at radius 2 is 1.64 bits per heavy atom. The molecule has 0 N–H and O–H groups in total. The summed E-state index contributed by atoms with van der Waals surface area (Å²) < 4.78 is 6.22. The maximum Gasteiger partial charge on any atom is 0.211 e. The fourth-order valence-corrected chi connectivity index (χ4v) is 3.07. The summed E-state index contributed by atoms with van der Waals surface area (Å²) in [5.41, 5.74) is 2.60. The summed E-state index contributed by atoms with van der Waals surface area (Å²) in [6.45, 7) is 14.8. The quantitative estimate of drug-likeness (QED) is 0.707. The Morgan fingerprint density at radius 3 is 2.24 bits per heavy atom. The van der Waals surface area contributed by atoms with Gasteiger partial charge in [0.2, 0.25) is 5.78 Å². The Kier molecular flexibility index (Phi) is 3.98. The molecule has 1 aromatic carbocycles. The second kappa shape index (κ2) is 5.55. The Balaban J connectivity index is 2.20. The van der Waals surface area contributed by atoms with Gasteiger partial charge in [-0.25, -0.2) is 0 Å². The normalized spacial score (nSPS) is 21.7. The van der Waals surface area contributed by atoms with Crippen LogP contribution in [-0.2, 0) is 9.53 Å². The van der Waals surface area contributed by atoms with Gasteiger partial charge in [0.05, 0.1) is 5.54 Å². The van der Waals surface area contributed by atoms with E-state index in [9.17, 15) is 4.79 Å². The van der Waals surface area contributed by atoms with Crippen molar-refractivity contribution in [3.63, 3.8) is 0 Å². The summed E-state index contributed by atoms with van der Waals surface area (Å²) in [6, 6.07) is 7.99. The number of carbonyl (C=O) groups is 1. The first-order valence-electron chi connectivity index (χ1n) is 9.09. The van der Waals surface area contributed by atoms with Crippen molar-refractivity contribution < 1.29 is 9.53 Å². The van der Waals surface area contributed by atoms with Crippen LogP contribution in [0.1, 0.15) is 72.4 Å². The lowest BCUT2D eigenvalue weighted by Crippen LogP contribution is -2.39. The molecule has 3 rings (SSSR count). The molecule has 3 heteroatoms. The predicted octanol–water partition coefficient (Wildman–Crippen LogP) is 5.18. The minimum absolute atomic E-state index is 0.0292. The minimum atomic E-state index is -0.349. The molecular weight excluding hydrogens is 310 g/mol. The van der Waals surface area contributed by atoms with E-state index in [-0.39, 0.29) is 22.3 Å². The van der Waals surface area contributed by atoms with E-state index in [1.807, 2.05) is 24.3 Å². The van der Waals surface area contributed by atoms with Crippen LogP contribution >= 0.6 is 0 Å². The molecule has 0 unspecified atom stereocenters. The molecule has 0 atom stereocenters. The Hall–Kier alpha value is -1.90. The monoisotopic (exact) mass is 339 g/mol. The summed E-state index contributed by atoms with van der Waals surface area (Å²) in [5.74, 6) is 0.783. The summed E-state index contributed by atoms with van der Waals surface area (Å²) in [7, 11) is 0. The Bertz CT molecular complexity index is 788. The first-order valence-corrected chi connectivity index (χ1v) is 9.09. The lowest BCUT2D eigenvalue weighted by atomic mass is 9.75. The number of hydrogen-bond donors (Lipinski definition) is 0. The van der Waals surface area contributed by atoms with Crippen molar-refractivity contribution in [1.29, 1.82) is 0 Å². The molecule has 2 aliphatic rings. The van der Waals surface area contributed by atoms with Gasteiger partial charge in [0, 0.05) is 16.7 Å². The zero-order valence-electron chi connectivity index (χ0n) is 16.5. The molecule has 1 heterocycles. The number of Topliss-reactive ketones (excluding diaryl/α,β-unsaturated/α-hetero) is 1. The van der Waals surface area contributed by atoms with Gasteiger partial charge in [0.15, 0.2) is 0 Å². The molecule has 1 aromatic rings. The standard InChI is InChI=1S/C22H29NO2/c1-20(2,3)22(6,7)23-17-14-10-8-9-11-15(14)19-16(18(17)24)12-13-21(4,5)25-19/h8-11H,12-13H2,1-7H3/b23-17-. The van der Waals surface area contributed by atoms with Gasteiger partial charge in [-0.2, -0.15) is 0 Å². The van der Waals surface area contributed by atoms with Gasteiger partial charge < -0.3 is 4.74 Å². The second-order valence-electron chi connectivity index (χ2n) is 9.31. The van der Waals surface area contributed by atoms with E-state index < -0.39 is 0 Å². The molecular formula is C22H29NO2. The number of hydrogen-bond acceptors (Lipinski definition) is 3. The third-order valence-corrected chi connectivity index (χ3v) is 5.77. The zero-order valence-corrected chi connectivity index (χ0v) is 16.5. The molecule has 0 saturated carbocycles. The van der Waals surface area contributed by atoms with E-state index in [2.05, 4.69) is 48.5 Å². The predicted molar refractivity (Wildman–Crippen MR) is 103 cm³/mol. The third kappa shape index (κ3) is 3.05. The number of ether oxygens (including phenoxy) is 1. The fraction of sp³-hybridized carbons (Fsp3) is 0.545. The van der Waals surface area contributed by atoms with Crippen molar-refractivity contribution >= 4 is 17.3 Å². The Morgan fingerprint density at radius 1 is 1.04 bits per heavy atom. The molecule has 1 aliphatic heterocycles. The molecule has 0 fully saturated rings. The Labute approximate surface area is 151 Å². The van der Waals surface area contributed by atoms with Gasteiger partial charge in [-0.05, 0) is 46.0 Å². The average molecular weight is 339 g/mol. The highest BCUT2D eigenvalue weighted by molar-refractivity contribution is 6.54. The minimum Gasteiger partial charge on any atom is -0.487 e. The van der Waals surface area contributed by atoms with Crippen molar-refractivity contribution in [2.24, 2.45) is 10.4 Å². The van der Waals surface area contributed by atoms with Gasteiger partial charge >= 0.3 is 0 Å². The average Bonchev–Trinajstić information content (AvgIpc) is 2.49. The van der Waals surface area contributed by atoms with Crippen molar-refractivity contribution in [1.82, 2.24) is 0 Å². The number of allylic oxidation sites excluding steroid dienone is 1. The van der Waals surface area contributed by atoms with Crippen LogP contribution < -0.4 is 0 Å². The number of fused-ring (bicyclic) bond motifs is 2. The molecule has 0 spiro atoms. The number of ketones is 1. The smallest absolute Gasteiger partial charge is 0.211 e. The fourth-order valence-electron chi connectivity index (χ4n) is 3.07. The van der Waals surface area contributed by atoms with Gasteiger partial charge in [-0.15, -0.1) is 0 Å². The molecule has 25 heavy (non-hydrogen) atoms. The van der Waals surface area contributed by atoms with Crippen LogP contribution in [0.25, 0.3) is 5.76 Å². The van der Waals surface area contributed by atoms with Crippen LogP contribution in [0.4, 0.5) is 0 Å². The van der Waals surface area contributed by atoms with E-state index in [4.69, 9.17) is 9.73 Å². The highest BCUT2D eigenvalue weighted by atomic mass is 16.5. The summed E-state index contributed by atoms with van der Waals surface area (Å²) >= 11 is 0. The summed E-state index contributed by atoms with van der Waals surface area (Å²) in [6.07, 6.45) is 1.58. The van der Waals surface area contributed by atoms with Gasteiger partial charge in [0.25, 0.3) is 0 Å². The largest absolute Gasteiger partial charge is 0.487 e. The van der Waals surface area contributed by atoms with E-state index >= 15 is 0 Å². The van der Waals surface area contributed by atoms with Gasteiger partial charge in [-0.1, -0.05) is 45.0 Å². The molecule has 0 saturated heterocycles. The lowest BCUT2D eigenvalue weighted by Gasteiger charge is -2.39. The topological polar surface area (TPSA) is 38.7 Å². The third-order valence-electron chi connectivity index (χ3n) is 5.77. The lowest BCUT2D eigenvalue weighted by molar-refractivity contribution is -0.110. The number of nitrogens with zero attached hydrogens (tertiary/aromatic N) is 1. The summed E-state index contributed by atoms with van der Waals surface area (Å²) in [4.78, 5) is 18.2. The molecule has 134 valence electrons. The number of benzene rings is 1.